The fourth-order valence-corrected chi connectivity index (χ4v) is 0.0833. The summed E-state index contributed by atoms with van der Waals surface area (Å²) in [5.41, 5.74) is 0. The Kier molecular flexibility index (Phi) is 19.1. The monoisotopic (exact) mass is 137 g/mol. The third-order valence-electron chi connectivity index (χ3n) is 0.368. The van der Waals surface area contributed by atoms with E-state index >= 15 is 0 Å². The quantitative estimate of drug-likeness (QED) is 0.326. The van der Waals surface area contributed by atoms with Crippen molar-refractivity contribution in [1.29, 1.82) is 0 Å². The van der Waals surface area contributed by atoms with Crippen LogP contribution in [0.15, 0.2) is 12.7 Å². The molecule has 0 radical (unpaired) electrons. The third kappa shape index (κ3) is 9.14. The molecule has 0 heterocycles. The molecule has 0 aliphatic heterocycles. The second-order valence-electron chi connectivity index (χ2n) is 0.727. The molecule has 3 N–H and O–H groups in total. The lowest BCUT2D eigenvalue weighted by Crippen LogP contribution is -1.91. The van der Waals surface area contributed by atoms with Crippen LogP contribution in [0.3, 0.4) is 0 Å². The molecule has 1 unspecified atom stereocenters. The summed E-state index contributed by atoms with van der Waals surface area (Å²) in [5.74, 6) is -0.394. The van der Waals surface area contributed by atoms with Crippen molar-refractivity contribution in [2.75, 3.05) is 7.11 Å². The minimum absolute atomic E-state index is 0. The summed E-state index contributed by atoms with van der Waals surface area (Å²) in [7, 11) is 1.31. The molecule has 0 spiro atoms. The van der Waals surface area contributed by atoms with Crippen LogP contribution in [-0.2, 0) is 9.53 Å². The van der Waals surface area contributed by atoms with Gasteiger partial charge in [-0.1, -0.05) is 6.58 Å². The molecule has 0 fully saturated rings. The molecule has 50 valence electrons. The minimum Gasteiger partial charge on any atom is -0.466 e. The second kappa shape index (κ2) is 9.78. The van der Waals surface area contributed by atoms with Gasteiger partial charge in [0.2, 0.25) is 0 Å². The SMILES string of the molecule is C=CC(=O)OC.N.P. The maximum Gasteiger partial charge on any atom is 0.329 e. The highest BCUT2D eigenvalue weighted by molar-refractivity contribution is 6.92. The van der Waals surface area contributed by atoms with Crippen LogP contribution in [0.25, 0.3) is 0 Å². The van der Waals surface area contributed by atoms with Crippen molar-refractivity contribution < 1.29 is 9.53 Å². The molecule has 4 heteroatoms. The average Bonchev–Trinajstić information content (AvgIpc) is 1.65. The summed E-state index contributed by atoms with van der Waals surface area (Å²) >= 11 is 0. The topological polar surface area (TPSA) is 61.3 Å². The van der Waals surface area contributed by atoms with E-state index in [1.165, 1.54) is 7.11 Å². The van der Waals surface area contributed by atoms with E-state index in [9.17, 15) is 4.79 Å². The zero-order valence-electron chi connectivity index (χ0n) is 5.02. The molecule has 0 aliphatic carbocycles. The first-order chi connectivity index (χ1) is 2.81. The van der Waals surface area contributed by atoms with Crippen molar-refractivity contribution in [3.8, 4) is 0 Å². The van der Waals surface area contributed by atoms with Gasteiger partial charge < -0.3 is 10.9 Å². The lowest BCUT2D eigenvalue weighted by atomic mass is 10.7. The molecule has 0 aliphatic rings. The highest BCUT2D eigenvalue weighted by Gasteiger charge is 1.81. The molecule has 0 saturated carbocycles. The predicted molar refractivity (Wildman–Crippen MR) is 38.3 cm³/mol. The van der Waals surface area contributed by atoms with Crippen molar-refractivity contribution >= 4 is 15.9 Å². The molecule has 0 saturated heterocycles. The van der Waals surface area contributed by atoms with Gasteiger partial charge in [0.15, 0.2) is 0 Å². The van der Waals surface area contributed by atoms with E-state index in [4.69, 9.17) is 0 Å². The van der Waals surface area contributed by atoms with E-state index in [-0.39, 0.29) is 16.0 Å². The van der Waals surface area contributed by atoms with Gasteiger partial charge in [-0.3, -0.25) is 0 Å². The Bertz CT molecular complexity index is 74.4. The van der Waals surface area contributed by atoms with E-state index in [1.54, 1.807) is 0 Å². The zero-order chi connectivity index (χ0) is 4.99. The Hall–Kier alpha value is -0.400. The molecule has 0 aromatic carbocycles. The lowest BCUT2D eigenvalue weighted by molar-refractivity contribution is -0.134. The second-order valence-corrected chi connectivity index (χ2v) is 0.727. The Labute approximate surface area is 52.3 Å². The molecule has 0 aromatic rings. The Morgan fingerprint density at radius 1 is 1.75 bits per heavy atom. The first-order valence-corrected chi connectivity index (χ1v) is 1.51. The normalized spacial score (nSPS) is 5.12. The number of ether oxygens (including phenoxy) is 1. The van der Waals surface area contributed by atoms with Gasteiger partial charge in [-0.15, -0.1) is 0 Å². The number of esters is 1. The molecule has 8 heavy (non-hydrogen) atoms. The van der Waals surface area contributed by atoms with Crippen molar-refractivity contribution in [3.05, 3.63) is 12.7 Å². The molecular weight excluding hydrogens is 125 g/mol. The van der Waals surface area contributed by atoms with Gasteiger partial charge in [0.05, 0.1) is 7.11 Å². The van der Waals surface area contributed by atoms with Crippen LogP contribution < -0.4 is 6.15 Å². The molecular formula is C4H12NO2P. The summed E-state index contributed by atoms with van der Waals surface area (Å²) in [4.78, 5) is 9.84. The van der Waals surface area contributed by atoms with Crippen LogP contribution in [0.2, 0.25) is 0 Å². The number of methoxy groups -OCH3 is 1. The van der Waals surface area contributed by atoms with Gasteiger partial charge in [-0.2, -0.15) is 9.90 Å². The minimum atomic E-state index is -0.394. The van der Waals surface area contributed by atoms with Gasteiger partial charge in [0, 0.05) is 6.08 Å². The summed E-state index contributed by atoms with van der Waals surface area (Å²) in [6.07, 6.45) is 1.11. The van der Waals surface area contributed by atoms with E-state index < -0.39 is 5.97 Å². The number of rotatable bonds is 1. The maximum atomic E-state index is 9.84. The molecule has 0 amide bonds. The summed E-state index contributed by atoms with van der Waals surface area (Å²) < 4.78 is 4.14. The first kappa shape index (κ1) is 15.6. The van der Waals surface area contributed by atoms with Gasteiger partial charge in [-0.05, 0) is 0 Å². The van der Waals surface area contributed by atoms with Crippen LogP contribution in [0.1, 0.15) is 0 Å². The van der Waals surface area contributed by atoms with E-state index in [0.29, 0.717) is 0 Å². The first-order valence-electron chi connectivity index (χ1n) is 1.51. The van der Waals surface area contributed by atoms with Gasteiger partial charge in [0.1, 0.15) is 0 Å². The number of carbonyl (C=O) groups is 1. The van der Waals surface area contributed by atoms with Crippen molar-refractivity contribution in [1.82, 2.24) is 6.15 Å². The largest absolute Gasteiger partial charge is 0.466 e. The number of carbonyl (C=O) groups excluding carboxylic acids is 1. The van der Waals surface area contributed by atoms with E-state index in [2.05, 4.69) is 11.3 Å². The standard InChI is InChI=1S/C4H6O2.H3N.H3P/c1-3-4(5)6-2;;/h3H,1H2,2H3;2*1H3. The van der Waals surface area contributed by atoms with Crippen LogP contribution in [0.5, 0.6) is 0 Å². The molecule has 0 bridgehead atoms. The maximum absolute atomic E-state index is 9.84. The molecule has 3 nitrogen and oxygen atoms in total. The highest BCUT2D eigenvalue weighted by Crippen LogP contribution is 1.67. The average molecular weight is 137 g/mol. The van der Waals surface area contributed by atoms with Crippen LogP contribution in [-0.4, -0.2) is 13.1 Å². The molecule has 0 rings (SSSR count). The molecule has 0 aromatic heterocycles. The Balaban J connectivity index is -0.000000125. The van der Waals surface area contributed by atoms with Crippen LogP contribution in [0, 0.1) is 0 Å². The Morgan fingerprint density at radius 2 is 2.12 bits per heavy atom. The van der Waals surface area contributed by atoms with E-state index in [0.717, 1.165) is 6.08 Å². The van der Waals surface area contributed by atoms with Gasteiger partial charge in [0.25, 0.3) is 0 Å². The van der Waals surface area contributed by atoms with Gasteiger partial charge in [-0.25, -0.2) is 4.79 Å². The lowest BCUT2D eigenvalue weighted by Gasteiger charge is -1.83. The van der Waals surface area contributed by atoms with E-state index in [1.807, 2.05) is 0 Å². The van der Waals surface area contributed by atoms with Crippen LogP contribution in [0.4, 0.5) is 0 Å². The predicted octanol–water partition coefficient (Wildman–Crippen LogP) is 0.565. The zero-order valence-corrected chi connectivity index (χ0v) is 6.43. The fraction of sp³-hybridized carbons (Fsp3) is 0.250. The fourth-order valence-electron chi connectivity index (χ4n) is 0.0833. The molecule has 1 atom stereocenters. The van der Waals surface area contributed by atoms with Crippen LogP contribution >= 0.6 is 9.90 Å². The third-order valence-corrected chi connectivity index (χ3v) is 0.368. The Morgan fingerprint density at radius 3 is 2.12 bits per heavy atom. The van der Waals surface area contributed by atoms with Crippen molar-refractivity contribution in [2.24, 2.45) is 0 Å². The number of hydrogen-bond acceptors (Lipinski definition) is 3. The number of hydrogen-bond donors (Lipinski definition) is 1. The van der Waals surface area contributed by atoms with Gasteiger partial charge >= 0.3 is 5.97 Å². The summed E-state index contributed by atoms with van der Waals surface area (Å²) in [6, 6.07) is 0. The summed E-state index contributed by atoms with van der Waals surface area (Å²) in [6.45, 7) is 3.16. The van der Waals surface area contributed by atoms with Crippen molar-refractivity contribution in [2.45, 2.75) is 0 Å². The van der Waals surface area contributed by atoms with Crippen molar-refractivity contribution in [3.63, 3.8) is 0 Å². The summed E-state index contributed by atoms with van der Waals surface area (Å²) in [5, 5.41) is 0. The highest BCUT2D eigenvalue weighted by atomic mass is 31.0. The smallest absolute Gasteiger partial charge is 0.329 e.